The third kappa shape index (κ3) is 1.92. The maximum Gasteiger partial charge on any atom is 0.226 e. The lowest BCUT2D eigenvalue weighted by molar-refractivity contribution is -0.146. The Balaban J connectivity index is 1.68. The average molecular weight is 233 g/mol. The monoisotopic (exact) mass is 233 g/mol. The third-order valence-corrected chi connectivity index (χ3v) is 5.15. The number of hydrogen-bond acceptors (Lipinski definition) is 1. The van der Waals surface area contributed by atoms with Gasteiger partial charge in [-0.25, -0.2) is 0 Å². The number of rotatable bonds is 4. The molecule has 94 valence electrons. The highest BCUT2D eigenvalue weighted by molar-refractivity contribution is 5.83. The maximum absolute atomic E-state index is 12.4. The fraction of sp³-hybridized carbons (Fsp3) is 0.800. The molecule has 4 bridgehead atoms. The minimum atomic E-state index is 0.0237. The second-order valence-electron chi connectivity index (χ2n) is 6.53. The second kappa shape index (κ2) is 4.15. The molecule has 1 N–H and O–H groups in total. The first kappa shape index (κ1) is 11.3. The van der Waals surface area contributed by atoms with E-state index in [9.17, 15) is 4.79 Å². The Morgan fingerprint density at radius 3 is 2.18 bits per heavy atom. The van der Waals surface area contributed by atoms with E-state index in [1.54, 1.807) is 0 Å². The van der Waals surface area contributed by atoms with Crippen LogP contribution in [0.15, 0.2) is 12.7 Å². The van der Waals surface area contributed by atoms with E-state index in [0.717, 1.165) is 30.7 Å². The maximum atomic E-state index is 12.4. The fourth-order valence-electron chi connectivity index (χ4n) is 4.86. The summed E-state index contributed by atoms with van der Waals surface area (Å²) in [6, 6.07) is 0. The summed E-state index contributed by atoms with van der Waals surface area (Å²) in [5, 5.41) is 3.13. The Morgan fingerprint density at radius 1 is 1.18 bits per heavy atom. The van der Waals surface area contributed by atoms with Crippen LogP contribution in [0.2, 0.25) is 0 Å². The van der Waals surface area contributed by atoms with E-state index in [0.29, 0.717) is 5.91 Å². The highest BCUT2D eigenvalue weighted by Crippen LogP contribution is 2.60. The molecule has 2 heteroatoms. The molecule has 0 aromatic heterocycles. The van der Waals surface area contributed by atoms with Crippen molar-refractivity contribution in [1.29, 1.82) is 0 Å². The van der Waals surface area contributed by atoms with E-state index in [1.807, 2.05) is 6.08 Å². The van der Waals surface area contributed by atoms with E-state index in [-0.39, 0.29) is 5.41 Å². The van der Waals surface area contributed by atoms with E-state index >= 15 is 0 Å². The van der Waals surface area contributed by atoms with Crippen molar-refractivity contribution in [2.45, 2.75) is 44.9 Å². The van der Waals surface area contributed by atoms with Gasteiger partial charge in [0.15, 0.2) is 0 Å². The topological polar surface area (TPSA) is 29.1 Å². The lowest BCUT2D eigenvalue weighted by Crippen LogP contribution is -2.53. The molecule has 0 unspecified atom stereocenters. The highest BCUT2D eigenvalue weighted by atomic mass is 16.2. The number of hydrogen-bond donors (Lipinski definition) is 1. The zero-order valence-electron chi connectivity index (χ0n) is 10.6. The van der Waals surface area contributed by atoms with Crippen molar-refractivity contribution in [3.63, 3.8) is 0 Å². The molecule has 0 saturated heterocycles. The average Bonchev–Trinajstić information content (AvgIpc) is 2.27. The zero-order valence-corrected chi connectivity index (χ0v) is 10.6. The molecule has 1 amide bonds. The quantitative estimate of drug-likeness (QED) is 0.587. The van der Waals surface area contributed by atoms with Gasteiger partial charge in [-0.05, 0) is 62.7 Å². The van der Waals surface area contributed by atoms with Gasteiger partial charge >= 0.3 is 0 Å². The molecule has 0 spiro atoms. The first-order valence-corrected chi connectivity index (χ1v) is 7.11. The van der Waals surface area contributed by atoms with Crippen LogP contribution < -0.4 is 5.32 Å². The first-order chi connectivity index (χ1) is 8.22. The third-order valence-electron chi connectivity index (χ3n) is 5.15. The van der Waals surface area contributed by atoms with Crippen LogP contribution in [0.4, 0.5) is 0 Å². The standard InChI is InChI=1S/C15H23NO/c1-2-3-4-16-14(17)15-8-11-5-12(9-15)7-13(6-11)10-15/h2,11-13H,1,3-10H2,(H,16,17). The Bertz CT molecular complexity index is 299. The predicted octanol–water partition coefficient (Wildman–Crippen LogP) is 2.90. The van der Waals surface area contributed by atoms with Crippen molar-refractivity contribution in [3.05, 3.63) is 12.7 Å². The molecule has 0 aromatic rings. The summed E-state index contributed by atoms with van der Waals surface area (Å²) in [4.78, 5) is 12.4. The van der Waals surface area contributed by atoms with E-state index in [1.165, 1.54) is 38.5 Å². The second-order valence-corrected chi connectivity index (χ2v) is 6.53. The van der Waals surface area contributed by atoms with Gasteiger partial charge in [-0.15, -0.1) is 6.58 Å². The van der Waals surface area contributed by atoms with Gasteiger partial charge in [0.2, 0.25) is 5.91 Å². The number of nitrogens with one attached hydrogen (secondary N) is 1. The van der Waals surface area contributed by atoms with Gasteiger partial charge in [-0.3, -0.25) is 4.79 Å². The normalized spacial score (nSPS) is 42.5. The van der Waals surface area contributed by atoms with Crippen LogP contribution in [0, 0.1) is 23.2 Å². The molecule has 4 fully saturated rings. The molecule has 4 rings (SSSR count). The predicted molar refractivity (Wildman–Crippen MR) is 68.4 cm³/mol. The number of carbonyl (C=O) groups excluding carboxylic acids is 1. The minimum Gasteiger partial charge on any atom is -0.355 e. The van der Waals surface area contributed by atoms with Crippen LogP contribution in [-0.4, -0.2) is 12.5 Å². The molecular weight excluding hydrogens is 210 g/mol. The van der Waals surface area contributed by atoms with Crippen molar-refractivity contribution in [2.75, 3.05) is 6.54 Å². The molecular formula is C15H23NO. The van der Waals surface area contributed by atoms with Gasteiger partial charge in [0.25, 0.3) is 0 Å². The smallest absolute Gasteiger partial charge is 0.226 e. The SMILES string of the molecule is C=CCCNC(=O)C12CC3CC(CC(C3)C1)C2. The molecule has 0 atom stereocenters. The van der Waals surface area contributed by atoms with Crippen LogP contribution in [-0.2, 0) is 4.79 Å². The van der Waals surface area contributed by atoms with Crippen LogP contribution in [0.1, 0.15) is 44.9 Å². The van der Waals surface area contributed by atoms with E-state index in [4.69, 9.17) is 0 Å². The van der Waals surface area contributed by atoms with Crippen molar-refractivity contribution >= 4 is 5.91 Å². The van der Waals surface area contributed by atoms with Gasteiger partial charge < -0.3 is 5.32 Å². The van der Waals surface area contributed by atoms with Crippen molar-refractivity contribution < 1.29 is 4.79 Å². The van der Waals surface area contributed by atoms with Crippen LogP contribution in [0.3, 0.4) is 0 Å². The molecule has 0 radical (unpaired) electrons. The number of carbonyl (C=O) groups is 1. The molecule has 17 heavy (non-hydrogen) atoms. The van der Waals surface area contributed by atoms with Crippen LogP contribution >= 0.6 is 0 Å². The molecule has 0 aliphatic heterocycles. The molecule has 4 aliphatic carbocycles. The van der Waals surface area contributed by atoms with Crippen LogP contribution in [0.5, 0.6) is 0 Å². The summed E-state index contributed by atoms with van der Waals surface area (Å²) in [6.45, 7) is 4.47. The largest absolute Gasteiger partial charge is 0.355 e. The summed E-state index contributed by atoms with van der Waals surface area (Å²) in [6.07, 6.45) is 10.5. The van der Waals surface area contributed by atoms with Gasteiger partial charge in [0, 0.05) is 12.0 Å². The molecule has 4 saturated carbocycles. The Labute approximate surface area is 104 Å². The Kier molecular flexibility index (Phi) is 2.76. The van der Waals surface area contributed by atoms with Gasteiger partial charge in [0.1, 0.15) is 0 Å². The zero-order chi connectivity index (χ0) is 11.9. The summed E-state index contributed by atoms with van der Waals surface area (Å²) < 4.78 is 0. The van der Waals surface area contributed by atoms with Crippen molar-refractivity contribution in [3.8, 4) is 0 Å². The summed E-state index contributed by atoms with van der Waals surface area (Å²) in [7, 11) is 0. The summed E-state index contributed by atoms with van der Waals surface area (Å²) in [5.41, 5.74) is 0.0237. The minimum absolute atomic E-state index is 0.0237. The van der Waals surface area contributed by atoms with E-state index < -0.39 is 0 Å². The van der Waals surface area contributed by atoms with E-state index in [2.05, 4.69) is 11.9 Å². The molecule has 4 aliphatic rings. The van der Waals surface area contributed by atoms with Crippen molar-refractivity contribution in [2.24, 2.45) is 23.2 Å². The van der Waals surface area contributed by atoms with Crippen molar-refractivity contribution in [1.82, 2.24) is 5.32 Å². The lowest BCUT2D eigenvalue weighted by Gasteiger charge is -2.55. The molecule has 0 heterocycles. The molecule has 2 nitrogen and oxygen atoms in total. The van der Waals surface area contributed by atoms with Gasteiger partial charge in [-0.2, -0.15) is 0 Å². The fourth-order valence-corrected chi connectivity index (χ4v) is 4.86. The summed E-state index contributed by atoms with van der Waals surface area (Å²) >= 11 is 0. The lowest BCUT2D eigenvalue weighted by atomic mass is 9.49. The van der Waals surface area contributed by atoms with Crippen LogP contribution in [0.25, 0.3) is 0 Å². The number of amides is 1. The Morgan fingerprint density at radius 2 is 1.71 bits per heavy atom. The first-order valence-electron chi connectivity index (χ1n) is 7.11. The Hall–Kier alpha value is -0.790. The summed E-state index contributed by atoms with van der Waals surface area (Å²) in [5.74, 6) is 2.91. The van der Waals surface area contributed by atoms with Gasteiger partial charge in [0.05, 0.1) is 0 Å². The van der Waals surface area contributed by atoms with Gasteiger partial charge in [-0.1, -0.05) is 6.08 Å². The highest BCUT2D eigenvalue weighted by Gasteiger charge is 2.54. The molecule has 0 aromatic carbocycles.